The molecule has 4 nitrogen and oxygen atoms in total. The van der Waals surface area contributed by atoms with E-state index in [-0.39, 0.29) is 5.69 Å². The van der Waals surface area contributed by atoms with Gasteiger partial charge >= 0.3 is 5.69 Å². The number of rotatable bonds is 1. The molecule has 0 unspecified atom stereocenters. The van der Waals surface area contributed by atoms with Crippen LogP contribution in [0.5, 0.6) is 0 Å². The van der Waals surface area contributed by atoms with E-state index < -0.39 is 0 Å². The first-order valence-electron chi connectivity index (χ1n) is 6.25. The van der Waals surface area contributed by atoms with Crippen LogP contribution >= 0.6 is 11.6 Å². The zero-order chi connectivity index (χ0) is 12.7. The van der Waals surface area contributed by atoms with Gasteiger partial charge < -0.3 is 5.32 Å². The summed E-state index contributed by atoms with van der Waals surface area (Å²) in [5.41, 5.74) is 1.95. The maximum Gasteiger partial charge on any atom is 0.329 e. The number of hydrogen-bond donors (Lipinski definition) is 1. The van der Waals surface area contributed by atoms with Gasteiger partial charge in [0.25, 0.3) is 0 Å². The number of nitrogens with zero attached hydrogens (tertiary/aromatic N) is 2. The molecule has 2 aromatic rings. The average Bonchev–Trinajstić information content (AvgIpc) is 2.64. The number of aryl methyl sites for hydroxylation is 1. The van der Waals surface area contributed by atoms with Gasteiger partial charge in [-0.05, 0) is 44.1 Å². The number of aromatic nitrogens is 2. The standard InChI is InChI=1S/C13H16ClN3O/c1-16-12-8-9(14)2-3-11(12)17(13(16)18)10-4-6-15-7-5-10/h2-3,8,10,15H,4-7H2,1H3. The van der Waals surface area contributed by atoms with Crippen LogP contribution in [0, 0.1) is 0 Å². The van der Waals surface area contributed by atoms with Crippen molar-refractivity contribution >= 4 is 22.6 Å². The van der Waals surface area contributed by atoms with Crippen LogP contribution in [0.25, 0.3) is 11.0 Å². The van der Waals surface area contributed by atoms with Crippen molar-refractivity contribution in [1.29, 1.82) is 0 Å². The van der Waals surface area contributed by atoms with Crippen molar-refractivity contribution in [2.75, 3.05) is 13.1 Å². The Morgan fingerprint density at radius 3 is 2.72 bits per heavy atom. The molecule has 0 atom stereocenters. The molecule has 1 saturated heterocycles. The van der Waals surface area contributed by atoms with Crippen LogP contribution < -0.4 is 11.0 Å². The van der Waals surface area contributed by atoms with Crippen LogP contribution in [-0.2, 0) is 7.05 Å². The first-order chi connectivity index (χ1) is 8.68. The van der Waals surface area contributed by atoms with Crippen molar-refractivity contribution < 1.29 is 0 Å². The van der Waals surface area contributed by atoms with E-state index in [0.717, 1.165) is 37.0 Å². The Morgan fingerprint density at radius 1 is 1.28 bits per heavy atom. The topological polar surface area (TPSA) is 39.0 Å². The summed E-state index contributed by atoms with van der Waals surface area (Å²) in [5, 5.41) is 3.99. The number of fused-ring (bicyclic) bond motifs is 1. The number of halogens is 1. The van der Waals surface area contributed by atoms with Crippen LogP contribution in [0.4, 0.5) is 0 Å². The van der Waals surface area contributed by atoms with E-state index in [4.69, 9.17) is 11.6 Å². The minimum atomic E-state index is 0.0548. The molecular formula is C13H16ClN3O. The molecule has 96 valence electrons. The molecule has 3 rings (SSSR count). The number of benzene rings is 1. The Morgan fingerprint density at radius 2 is 2.00 bits per heavy atom. The highest BCUT2D eigenvalue weighted by Crippen LogP contribution is 2.24. The second kappa shape index (κ2) is 4.44. The second-order valence-corrected chi connectivity index (χ2v) is 5.26. The Balaban J connectivity index is 2.22. The van der Waals surface area contributed by atoms with E-state index in [1.165, 1.54) is 0 Å². The summed E-state index contributed by atoms with van der Waals surface area (Å²) in [6, 6.07) is 5.95. The Bertz CT molecular complexity index is 637. The van der Waals surface area contributed by atoms with Gasteiger partial charge in [-0.25, -0.2) is 4.79 Å². The molecule has 1 aliphatic rings. The highest BCUT2D eigenvalue weighted by atomic mass is 35.5. The summed E-state index contributed by atoms with van der Waals surface area (Å²) < 4.78 is 3.61. The molecule has 0 spiro atoms. The average molecular weight is 266 g/mol. The molecule has 1 aromatic heterocycles. The van der Waals surface area contributed by atoms with E-state index in [0.29, 0.717) is 11.1 Å². The van der Waals surface area contributed by atoms with Gasteiger partial charge in [-0.1, -0.05) is 11.6 Å². The van der Waals surface area contributed by atoms with E-state index in [2.05, 4.69) is 5.32 Å². The Labute approximate surface area is 110 Å². The van der Waals surface area contributed by atoms with Crippen LogP contribution in [0.1, 0.15) is 18.9 Å². The van der Waals surface area contributed by atoms with Crippen molar-refractivity contribution in [2.45, 2.75) is 18.9 Å². The summed E-state index contributed by atoms with van der Waals surface area (Å²) >= 11 is 6.00. The lowest BCUT2D eigenvalue weighted by Crippen LogP contribution is -2.34. The Kier molecular flexibility index (Phi) is 2.92. The third-order valence-corrected chi connectivity index (χ3v) is 3.96. The van der Waals surface area contributed by atoms with Crippen molar-refractivity contribution in [3.8, 4) is 0 Å². The van der Waals surface area contributed by atoms with Crippen LogP contribution in [0.3, 0.4) is 0 Å². The summed E-state index contributed by atoms with van der Waals surface area (Å²) in [6.45, 7) is 1.95. The van der Waals surface area contributed by atoms with Gasteiger partial charge in [-0.3, -0.25) is 9.13 Å². The summed E-state index contributed by atoms with van der Waals surface area (Å²) in [7, 11) is 1.80. The van der Waals surface area contributed by atoms with Gasteiger partial charge in [0.2, 0.25) is 0 Å². The fraction of sp³-hybridized carbons (Fsp3) is 0.462. The largest absolute Gasteiger partial charge is 0.329 e. The molecule has 5 heteroatoms. The highest BCUT2D eigenvalue weighted by Gasteiger charge is 2.21. The lowest BCUT2D eigenvalue weighted by molar-refractivity contribution is 0.366. The van der Waals surface area contributed by atoms with Gasteiger partial charge in [0, 0.05) is 18.1 Å². The van der Waals surface area contributed by atoms with Gasteiger partial charge in [-0.2, -0.15) is 0 Å². The molecule has 1 aromatic carbocycles. The Hall–Kier alpha value is -1.26. The smallest absolute Gasteiger partial charge is 0.317 e. The number of imidazole rings is 1. The summed E-state index contributed by atoms with van der Waals surface area (Å²) in [6.07, 6.45) is 2.00. The third kappa shape index (κ3) is 1.76. The molecular weight excluding hydrogens is 250 g/mol. The number of nitrogens with one attached hydrogen (secondary N) is 1. The molecule has 0 bridgehead atoms. The molecule has 2 heterocycles. The lowest BCUT2D eigenvalue weighted by atomic mass is 10.1. The molecule has 0 amide bonds. The quantitative estimate of drug-likeness (QED) is 0.856. The summed E-state index contributed by atoms with van der Waals surface area (Å²) in [4.78, 5) is 12.4. The van der Waals surface area contributed by atoms with Gasteiger partial charge in [0.15, 0.2) is 0 Å². The van der Waals surface area contributed by atoms with E-state index in [9.17, 15) is 4.79 Å². The molecule has 0 aliphatic carbocycles. The minimum absolute atomic E-state index is 0.0548. The van der Waals surface area contributed by atoms with E-state index >= 15 is 0 Å². The van der Waals surface area contributed by atoms with Gasteiger partial charge in [0.05, 0.1) is 11.0 Å². The number of hydrogen-bond acceptors (Lipinski definition) is 2. The van der Waals surface area contributed by atoms with Crippen LogP contribution in [0.15, 0.2) is 23.0 Å². The highest BCUT2D eigenvalue weighted by molar-refractivity contribution is 6.31. The molecule has 18 heavy (non-hydrogen) atoms. The zero-order valence-electron chi connectivity index (χ0n) is 10.3. The first-order valence-corrected chi connectivity index (χ1v) is 6.63. The molecule has 1 fully saturated rings. The fourth-order valence-corrected chi connectivity index (χ4v) is 2.92. The number of piperidine rings is 1. The van der Waals surface area contributed by atoms with Crippen LogP contribution in [0.2, 0.25) is 5.02 Å². The predicted molar refractivity (Wildman–Crippen MR) is 73.3 cm³/mol. The maximum atomic E-state index is 12.4. The van der Waals surface area contributed by atoms with Crippen molar-refractivity contribution in [3.63, 3.8) is 0 Å². The minimum Gasteiger partial charge on any atom is -0.317 e. The summed E-state index contributed by atoms with van der Waals surface area (Å²) in [5.74, 6) is 0. The fourth-order valence-electron chi connectivity index (χ4n) is 2.75. The van der Waals surface area contributed by atoms with E-state index in [1.54, 1.807) is 11.6 Å². The molecule has 1 N–H and O–H groups in total. The van der Waals surface area contributed by atoms with Crippen LogP contribution in [-0.4, -0.2) is 22.2 Å². The van der Waals surface area contributed by atoms with Crippen molar-refractivity contribution in [1.82, 2.24) is 14.5 Å². The molecule has 0 saturated carbocycles. The molecule has 1 aliphatic heterocycles. The zero-order valence-corrected chi connectivity index (χ0v) is 11.1. The normalized spacial score (nSPS) is 17.4. The first kappa shape index (κ1) is 11.8. The molecule has 0 radical (unpaired) electrons. The monoisotopic (exact) mass is 265 g/mol. The lowest BCUT2D eigenvalue weighted by Gasteiger charge is -2.23. The van der Waals surface area contributed by atoms with Gasteiger partial charge in [-0.15, -0.1) is 0 Å². The van der Waals surface area contributed by atoms with Gasteiger partial charge in [0.1, 0.15) is 0 Å². The SMILES string of the molecule is Cn1c(=O)n(C2CCNCC2)c2ccc(Cl)cc21. The van der Waals surface area contributed by atoms with Crippen molar-refractivity contribution in [2.24, 2.45) is 7.05 Å². The maximum absolute atomic E-state index is 12.4. The van der Waals surface area contributed by atoms with Crippen molar-refractivity contribution in [3.05, 3.63) is 33.7 Å². The third-order valence-electron chi connectivity index (χ3n) is 3.73. The predicted octanol–water partition coefficient (Wildman–Crippen LogP) is 1.92. The van der Waals surface area contributed by atoms with E-state index in [1.807, 2.05) is 22.8 Å². The second-order valence-electron chi connectivity index (χ2n) is 4.83.